The van der Waals surface area contributed by atoms with E-state index in [2.05, 4.69) is 20.6 Å². The van der Waals surface area contributed by atoms with Crippen molar-refractivity contribution in [1.82, 2.24) is 20.6 Å². The number of nitrogens with one attached hydrogen (secondary N) is 1. The summed E-state index contributed by atoms with van der Waals surface area (Å²) in [6, 6.07) is 8.72. The molecule has 1 aromatic heterocycles. The lowest BCUT2D eigenvalue weighted by molar-refractivity contribution is 0.0980. The van der Waals surface area contributed by atoms with E-state index in [-0.39, 0.29) is 16.6 Å². The van der Waals surface area contributed by atoms with Gasteiger partial charge in [-0.1, -0.05) is 47.8 Å². The van der Waals surface area contributed by atoms with Gasteiger partial charge in [0.25, 0.3) is 0 Å². The normalized spacial score (nSPS) is 12.0. The highest BCUT2D eigenvalue weighted by Gasteiger charge is 2.28. The van der Waals surface area contributed by atoms with Crippen LogP contribution in [-0.2, 0) is 0 Å². The molecular weight excluding hydrogens is 238 g/mol. The summed E-state index contributed by atoms with van der Waals surface area (Å²) >= 11 is 4.88. The third kappa shape index (κ3) is 2.34. The number of carbonyl (C=O) groups excluding carboxylic acids is 1. The molecule has 17 heavy (non-hydrogen) atoms. The fourth-order valence-electron chi connectivity index (χ4n) is 1.43. The summed E-state index contributed by atoms with van der Waals surface area (Å²) in [6.45, 7) is 0. The molecule has 0 saturated heterocycles. The van der Waals surface area contributed by atoms with Crippen molar-refractivity contribution in [2.24, 2.45) is 5.73 Å². The predicted molar refractivity (Wildman–Crippen MR) is 64.5 cm³/mol. The fraction of sp³-hybridized carbons (Fsp3) is 0.100. The third-order valence-electron chi connectivity index (χ3n) is 2.22. The number of H-pyrrole nitrogens is 1. The Balaban J connectivity index is 2.36. The highest BCUT2D eigenvalue weighted by Crippen LogP contribution is 2.17. The van der Waals surface area contributed by atoms with E-state index in [4.69, 9.17) is 18.0 Å². The Morgan fingerprint density at radius 2 is 2.06 bits per heavy atom. The maximum atomic E-state index is 12.2. The molecule has 1 aromatic carbocycles. The molecule has 7 heteroatoms. The summed E-state index contributed by atoms with van der Waals surface area (Å²) in [5, 5.41) is 13.2. The SMILES string of the molecule is NC(=S)C(C(=O)c1ccccc1)c1nn[nH]n1. The number of ketones is 1. The maximum Gasteiger partial charge on any atom is 0.192 e. The summed E-state index contributed by atoms with van der Waals surface area (Å²) in [4.78, 5) is 12.2. The number of nitrogens with two attached hydrogens (primary N) is 1. The maximum absolute atomic E-state index is 12.2. The summed E-state index contributed by atoms with van der Waals surface area (Å²) in [5.41, 5.74) is 6.06. The van der Waals surface area contributed by atoms with Crippen molar-refractivity contribution in [2.45, 2.75) is 5.92 Å². The Morgan fingerprint density at radius 3 is 2.59 bits per heavy atom. The molecule has 0 spiro atoms. The minimum atomic E-state index is -0.842. The molecule has 3 N–H and O–H groups in total. The average molecular weight is 247 g/mol. The van der Waals surface area contributed by atoms with Crippen LogP contribution in [0, 0.1) is 0 Å². The highest BCUT2D eigenvalue weighted by atomic mass is 32.1. The smallest absolute Gasteiger partial charge is 0.192 e. The number of rotatable bonds is 4. The van der Waals surface area contributed by atoms with E-state index in [0.29, 0.717) is 5.56 Å². The third-order valence-corrected chi connectivity index (χ3v) is 2.46. The first-order valence-corrected chi connectivity index (χ1v) is 5.23. The van der Waals surface area contributed by atoms with Gasteiger partial charge in [-0.05, 0) is 0 Å². The van der Waals surface area contributed by atoms with Gasteiger partial charge in [0.1, 0.15) is 5.92 Å². The number of hydrogen-bond donors (Lipinski definition) is 2. The van der Waals surface area contributed by atoms with Crippen LogP contribution in [0.2, 0.25) is 0 Å². The van der Waals surface area contributed by atoms with E-state index in [9.17, 15) is 4.79 Å². The van der Waals surface area contributed by atoms with Gasteiger partial charge < -0.3 is 5.73 Å². The summed E-state index contributed by atoms with van der Waals surface area (Å²) < 4.78 is 0. The summed E-state index contributed by atoms with van der Waals surface area (Å²) in [6.07, 6.45) is 0. The van der Waals surface area contributed by atoms with Gasteiger partial charge in [0.15, 0.2) is 11.6 Å². The van der Waals surface area contributed by atoms with Crippen molar-refractivity contribution in [3.05, 3.63) is 41.7 Å². The zero-order chi connectivity index (χ0) is 12.3. The van der Waals surface area contributed by atoms with Crippen molar-refractivity contribution in [3.63, 3.8) is 0 Å². The lowest BCUT2D eigenvalue weighted by atomic mass is 9.97. The van der Waals surface area contributed by atoms with Gasteiger partial charge in [0.05, 0.1) is 4.99 Å². The molecule has 6 nitrogen and oxygen atoms in total. The second kappa shape index (κ2) is 4.79. The molecule has 2 rings (SSSR count). The molecule has 0 radical (unpaired) electrons. The number of tetrazole rings is 1. The van der Waals surface area contributed by atoms with Gasteiger partial charge in [0, 0.05) is 5.56 Å². The number of nitrogens with zero attached hydrogens (tertiary/aromatic N) is 3. The van der Waals surface area contributed by atoms with E-state index < -0.39 is 5.92 Å². The molecule has 1 unspecified atom stereocenters. The van der Waals surface area contributed by atoms with Gasteiger partial charge in [-0.2, -0.15) is 5.21 Å². The number of benzene rings is 1. The summed E-state index contributed by atoms with van der Waals surface area (Å²) in [7, 11) is 0. The van der Waals surface area contributed by atoms with Crippen LogP contribution in [0.4, 0.5) is 0 Å². The van der Waals surface area contributed by atoms with Crippen molar-refractivity contribution in [3.8, 4) is 0 Å². The van der Waals surface area contributed by atoms with Crippen molar-refractivity contribution < 1.29 is 4.79 Å². The second-order valence-corrected chi connectivity index (χ2v) is 3.81. The molecular formula is C10H9N5OS. The molecule has 1 heterocycles. The van der Waals surface area contributed by atoms with Gasteiger partial charge in [-0.15, -0.1) is 10.2 Å². The lowest BCUT2D eigenvalue weighted by Gasteiger charge is -2.09. The van der Waals surface area contributed by atoms with Crippen LogP contribution in [0.15, 0.2) is 30.3 Å². The molecule has 0 aliphatic heterocycles. The Hall–Kier alpha value is -2.15. The number of carbonyl (C=O) groups is 1. The molecule has 2 aromatic rings. The Kier molecular flexibility index (Phi) is 3.20. The Bertz CT molecular complexity index is 525. The first kappa shape index (κ1) is 11.3. The quantitative estimate of drug-likeness (QED) is 0.601. The Morgan fingerprint density at radius 1 is 1.35 bits per heavy atom. The molecule has 0 saturated carbocycles. The number of Topliss-reactive ketones (excluding diaryl/α,β-unsaturated/α-hetero) is 1. The zero-order valence-electron chi connectivity index (χ0n) is 8.70. The van der Waals surface area contributed by atoms with Crippen LogP contribution in [0.5, 0.6) is 0 Å². The Labute approximate surface area is 102 Å². The van der Waals surface area contributed by atoms with Crippen molar-refractivity contribution in [2.75, 3.05) is 0 Å². The zero-order valence-corrected chi connectivity index (χ0v) is 9.52. The predicted octanol–water partition coefficient (Wildman–Crippen LogP) is 0.452. The van der Waals surface area contributed by atoms with E-state index in [1.165, 1.54) is 0 Å². The largest absolute Gasteiger partial charge is 0.392 e. The number of hydrogen-bond acceptors (Lipinski definition) is 5. The first-order chi connectivity index (χ1) is 8.20. The van der Waals surface area contributed by atoms with E-state index in [1.54, 1.807) is 24.3 Å². The van der Waals surface area contributed by atoms with Gasteiger partial charge in [-0.25, -0.2) is 0 Å². The van der Waals surface area contributed by atoms with Gasteiger partial charge in [0.2, 0.25) is 0 Å². The van der Waals surface area contributed by atoms with Crippen molar-refractivity contribution in [1.29, 1.82) is 0 Å². The summed E-state index contributed by atoms with van der Waals surface area (Å²) in [5.74, 6) is -0.892. The molecule has 0 fully saturated rings. The molecule has 0 aliphatic carbocycles. The van der Waals surface area contributed by atoms with Crippen LogP contribution >= 0.6 is 12.2 Å². The number of thiocarbonyl (C=S) groups is 1. The van der Waals surface area contributed by atoms with Gasteiger partial charge >= 0.3 is 0 Å². The molecule has 1 atom stereocenters. The van der Waals surface area contributed by atoms with Crippen LogP contribution in [0.25, 0.3) is 0 Å². The lowest BCUT2D eigenvalue weighted by Crippen LogP contribution is -2.28. The van der Waals surface area contributed by atoms with Crippen LogP contribution in [0.1, 0.15) is 22.1 Å². The minimum absolute atomic E-state index is 0.0280. The van der Waals surface area contributed by atoms with E-state index >= 15 is 0 Å². The van der Waals surface area contributed by atoms with Crippen LogP contribution in [0.3, 0.4) is 0 Å². The topological polar surface area (TPSA) is 97.5 Å². The van der Waals surface area contributed by atoms with Gasteiger partial charge in [-0.3, -0.25) is 4.79 Å². The number of aromatic nitrogens is 4. The average Bonchev–Trinajstić information content (AvgIpc) is 2.83. The molecule has 0 aliphatic rings. The first-order valence-electron chi connectivity index (χ1n) is 4.82. The van der Waals surface area contributed by atoms with E-state index in [1.807, 2.05) is 6.07 Å². The molecule has 0 bridgehead atoms. The molecule has 0 amide bonds. The monoisotopic (exact) mass is 247 g/mol. The standard InChI is InChI=1S/C10H9N5OS/c11-9(17)7(10-12-14-15-13-10)8(16)6-4-2-1-3-5-6/h1-5,7H,(H2,11,17)(H,12,13,14,15). The van der Waals surface area contributed by atoms with E-state index in [0.717, 1.165) is 0 Å². The fourth-order valence-corrected chi connectivity index (χ4v) is 1.65. The van der Waals surface area contributed by atoms with Crippen LogP contribution < -0.4 is 5.73 Å². The molecule has 86 valence electrons. The second-order valence-electron chi connectivity index (χ2n) is 3.34. The highest BCUT2D eigenvalue weighted by molar-refractivity contribution is 7.80. The van der Waals surface area contributed by atoms with Crippen LogP contribution in [-0.4, -0.2) is 31.4 Å². The minimum Gasteiger partial charge on any atom is -0.392 e. The number of aromatic amines is 1. The van der Waals surface area contributed by atoms with Crippen molar-refractivity contribution >= 4 is 23.0 Å².